The van der Waals surface area contributed by atoms with Crippen LogP contribution in [0, 0.1) is 5.92 Å². The van der Waals surface area contributed by atoms with Gasteiger partial charge in [0, 0.05) is 6.42 Å². The third-order valence-corrected chi connectivity index (χ3v) is 6.06. The van der Waals surface area contributed by atoms with Gasteiger partial charge in [-0.3, -0.25) is 4.79 Å². The highest BCUT2D eigenvalue weighted by Crippen LogP contribution is 2.29. The van der Waals surface area contributed by atoms with E-state index in [1.54, 1.807) is 26.0 Å². The molecule has 0 saturated heterocycles. The zero-order chi connectivity index (χ0) is 18.7. The quantitative estimate of drug-likeness (QED) is 0.750. The summed E-state index contributed by atoms with van der Waals surface area (Å²) in [5, 5.41) is 0. The maximum Gasteiger partial charge on any atom is 0.324 e. The number of ether oxygens (including phenoxy) is 1. The zero-order valence-corrected chi connectivity index (χ0v) is 15.4. The summed E-state index contributed by atoms with van der Waals surface area (Å²) in [7, 11) is -2.77. The summed E-state index contributed by atoms with van der Waals surface area (Å²) in [6.45, 7) is 3.47. The monoisotopic (exact) mass is 364 g/mol. The van der Waals surface area contributed by atoms with E-state index in [2.05, 4.69) is 9.46 Å². The third kappa shape index (κ3) is 4.18. The van der Waals surface area contributed by atoms with Gasteiger partial charge < -0.3 is 10.5 Å². The molecule has 7 heteroatoms. The van der Waals surface area contributed by atoms with Gasteiger partial charge in [-0.25, -0.2) is 8.42 Å². The van der Waals surface area contributed by atoms with E-state index in [4.69, 9.17) is 5.73 Å². The second-order valence-corrected chi connectivity index (χ2v) is 8.39. The molecular formula is C18H24N2O4S. The molecule has 1 unspecified atom stereocenters. The molecule has 0 radical (unpaired) electrons. The van der Waals surface area contributed by atoms with Crippen molar-refractivity contribution in [3.05, 3.63) is 54.1 Å². The summed E-state index contributed by atoms with van der Waals surface area (Å²) in [4.78, 5) is 10.2. The smallest absolute Gasteiger partial charge is 0.324 e. The highest BCUT2D eigenvalue weighted by molar-refractivity contribution is 7.91. The zero-order valence-electron chi connectivity index (χ0n) is 14.6. The fourth-order valence-electron chi connectivity index (χ4n) is 2.54. The molecule has 2 rings (SSSR count). The minimum Gasteiger partial charge on any atom is -0.468 e. The Hall–Kier alpha value is -1.96. The van der Waals surface area contributed by atoms with Crippen LogP contribution in [0.2, 0.25) is 0 Å². The van der Waals surface area contributed by atoms with Crippen LogP contribution < -0.4 is 10.5 Å². The molecule has 3 N–H and O–H groups in total. The standard InChI is InChI=1S/C18H24N2O4S/c1-13(2)16(17(21)24-3)20-25(22,23)18(19)11-9-15(10-12-18)14-7-5-4-6-8-14/h4-11,13,16,20H,12,19H2,1-3H3/t16-,18?/m0/s1. The Morgan fingerprint density at radius 1 is 1.28 bits per heavy atom. The van der Waals surface area contributed by atoms with Crippen molar-refractivity contribution >= 4 is 21.6 Å². The van der Waals surface area contributed by atoms with Gasteiger partial charge in [-0.1, -0.05) is 56.3 Å². The first-order valence-corrected chi connectivity index (χ1v) is 9.52. The number of nitrogens with one attached hydrogen (secondary N) is 1. The summed E-state index contributed by atoms with van der Waals surface area (Å²) >= 11 is 0. The summed E-state index contributed by atoms with van der Waals surface area (Å²) in [5.74, 6) is -0.906. The Morgan fingerprint density at radius 2 is 1.92 bits per heavy atom. The molecule has 1 aliphatic rings. The third-order valence-electron chi connectivity index (χ3n) is 4.20. The number of allylic oxidation sites excluding steroid dienone is 2. The van der Waals surface area contributed by atoms with E-state index in [0.29, 0.717) is 0 Å². The molecule has 0 heterocycles. The summed E-state index contributed by atoms with van der Waals surface area (Å²) in [5.41, 5.74) is 8.03. The van der Waals surface area contributed by atoms with E-state index in [9.17, 15) is 13.2 Å². The molecule has 6 nitrogen and oxygen atoms in total. The molecule has 0 saturated carbocycles. The van der Waals surface area contributed by atoms with Crippen LogP contribution in [-0.2, 0) is 19.6 Å². The van der Waals surface area contributed by atoms with Gasteiger partial charge in [-0.15, -0.1) is 0 Å². The van der Waals surface area contributed by atoms with Gasteiger partial charge in [0.15, 0.2) is 4.87 Å². The second-order valence-electron chi connectivity index (χ2n) is 6.38. The Kier molecular flexibility index (Phi) is 5.82. The number of hydrogen-bond donors (Lipinski definition) is 2. The van der Waals surface area contributed by atoms with Gasteiger partial charge in [-0.2, -0.15) is 4.72 Å². The van der Waals surface area contributed by atoms with Crippen molar-refractivity contribution in [2.24, 2.45) is 11.7 Å². The molecule has 1 aromatic carbocycles. The van der Waals surface area contributed by atoms with Crippen LogP contribution in [0.5, 0.6) is 0 Å². The average Bonchev–Trinajstić information content (AvgIpc) is 2.60. The molecule has 0 fully saturated rings. The predicted molar refractivity (Wildman–Crippen MR) is 97.8 cm³/mol. The first-order chi connectivity index (χ1) is 11.7. The topological polar surface area (TPSA) is 98.5 Å². The van der Waals surface area contributed by atoms with Crippen molar-refractivity contribution in [3.63, 3.8) is 0 Å². The van der Waals surface area contributed by atoms with E-state index in [-0.39, 0.29) is 12.3 Å². The van der Waals surface area contributed by atoms with Crippen molar-refractivity contribution in [2.45, 2.75) is 31.2 Å². The maximum atomic E-state index is 12.8. The van der Waals surface area contributed by atoms with Crippen LogP contribution in [0.1, 0.15) is 25.8 Å². The molecule has 25 heavy (non-hydrogen) atoms. The molecule has 1 aliphatic carbocycles. The summed E-state index contributed by atoms with van der Waals surface area (Å²) in [6, 6.07) is 8.64. The fourth-order valence-corrected chi connectivity index (χ4v) is 4.01. The van der Waals surface area contributed by atoms with Gasteiger partial charge in [0.1, 0.15) is 6.04 Å². The lowest BCUT2D eigenvalue weighted by molar-refractivity contribution is -0.143. The summed E-state index contributed by atoms with van der Waals surface area (Å²) in [6.07, 6.45) is 5.05. The summed E-state index contributed by atoms with van der Waals surface area (Å²) < 4.78 is 32.6. The van der Waals surface area contributed by atoms with Gasteiger partial charge in [-0.05, 0) is 23.1 Å². The highest BCUT2D eigenvalue weighted by atomic mass is 32.2. The minimum absolute atomic E-state index is 0.106. The number of carbonyl (C=O) groups excluding carboxylic acids is 1. The lowest BCUT2D eigenvalue weighted by atomic mass is 9.97. The van der Waals surface area contributed by atoms with Crippen LogP contribution in [-0.4, -0.2) is 32.4 Å². The van der Waals surface area contributed by atoms with Crippen molar-refractivity contribution in [1.82, 2.24) is 4.72 Å². The van der Waals surface area contributed by atoms with E-state index < -0.39 is 26.9 Å². The van der Waals surface area contributed by atoms with Gasteiger partial charge in [0.05, 0.1) is 7.11 Å². The number of methoxy groups -OCH3 is 1. The minimum atomic E-state index is -3.99. The lowest BCUT2D eigenvalue weighted by Crippen LogP contribution is -2.57. The molecule has 136 valence electrons. The molecule has 2 atom stereocenters. The van der Waals surface area contributed by atoms with Crippen LogP contribution in [0.4, 0.5) is 0 Å². The van der Waals surface area contributed by atoms with Gasteiger partial charge in [0.2, 0.25) is 10.0 Å². The van der Waals surface area contributed by atoms with Gasteiger partial charge in [0.25, 0.3) is 0 Å². The number of carbonyl (C=O) groups is 1. The van der Waals surface area contributed by atoms with Crippen molar-refractivity contribution in [3.8, 4) is 0 Å². The molecule has 0 bridgehead atoms. The Bertz CT molecular complexity index is 785. The van der Waals surface area contributed by atoms with E-state index in [1.807, 2.05) is 30.3 Å². The van der Waals surface area contributed by atoms with Crippen molar-refractivity contribution in [1.29, 1.82) is 0 Å². The largest absolute Gasteiger partial charge is 0.468 e. The number of rotatable bonds is 6. The average molecular weight is 364 g/mol. The number of benzene rings is 1. The van der Waals surface area contributed by atoms with Crippen LogP contribution in [0.3, 0.4) is 0 Å². The van der Waals surface area contributed by atoms with Gasteiger partial charge >= 0.3 is 5.97 Å². The first-order valence-electron chi connectivity index (χ1n) is 8.03. The van der Waals surface area contributed by atoms with Crippen LogP contribution in [0.25, 0.3) is 5.57 Å². The molecule has 0 aliphatic heterocycles. The van der Waals surface area contributed by atoms with Crippen LogP contribution in [0.15, 0.2) is 48.6 Å². The van der Waals surface area contributed by atoms with Crippen molar-refractivity contribution in [2.75, 3.05) is 7.11 Å². The number of esters is 1. The maximum absolute atomic E-state index is 12.8. The normalized spacial score (nSPS) is 21.7. The second kappa shape index (κ2) is 7.51. The predicted octanol–water partition coefficient (Wildman–Crippen LogP) is 1.80. The van der Waals surface area contributed by atoms with Crippen LogP contribution >= 0.6 is 0 Å². The Labute approximate surface area is 148 Å². The fraction of sp³-hybridized carbons (Fsp3) is 0.389. The molecule has 0 amide bonds. The SMILES string of the molecule is COC(=O)[C@@H](NS(=O)(=O)C1(N)C=CC(c2ccccc2)=CC1)C(C)C. The number of hydrogen-bond acceptors (Lipinski definition) is 5. The van der Waals surface area contributed by atoms with Crippen molar-refractivity contribution < 1.29 is 17.9 Å². The highest BCUT2D eigenvalue weighted by Gasteiger charge is 2.41. The van der Waals surface area contributed by atoms with E-state index in [0.717, 1.165) is 11.1 Å². The molecule has 0 aromatic heterocycles. The molecule has 1 aromatic rings. The number of sulfonamides is 1. The molecular weight excluding hydrogens is 340 g/mol. The number of nitrogens with two attached hydrogens (primary N) is 1. The lowest BCUT2D eigenvalue weighted by Gasteiger charge is -2.30. The first kappa shape index (κ1) is 19.4. The Balaban J connectivity index is 2.22. The van der Waals surface area contributed by atoms with E-state index in [1.165, 1.54) is 13.2 Å². The Morgan fingerprint density at radius 3 is 2.40 bits per heavy atom. The van der Waals surface area contributed by atoms with E-state index >= 15 is 0 Å². The molecule has 0 spiro atoms.